The van der Waals surface area contributed by atoms with E-state index < -0.39 is 23.2 Å². The maximum absolute atomic E-state index is 11.1. The number of methoxy groups -OCH3 is 1. The minimum absolute atomic E-state index is 0.438. The molecule has 0 atom stereocenters. The fraction of sp³-hybridized carbons (Fsp3) is 0.500. The Hall–Kier alpha value is -1.92. The van der Waals surface area contributed by atoms with Crippen LogP contribution in [0.5, 0.6) is 0 Å². The molecule has 0 bridgehead atoms. The van der Waals surface area contributed by atoms with Crippen LogP contribution < -0.4 is 5.84 Å². The highest BCUT2D eigenvalue weighted by Gasteiger charge is 2.27. The molecule has 3 N–H and O–H groups in total. The first-order valence-electron chi connectivity index (χ1n) is 4.00. The minimum Gasteiger partial charge on any atom is -0.476 e. The molecule has 0 aromatic heterocycles. The Morgan fingerprint density at radius 2 is 2.00 bits per heavy atom. The number of esters is 1. The first-order chi connectivity index (χ1) is 6.85. The molecule has 0 saturated heterocycles. The van der Waals surface area contributed by atoms with E-state index in [9.17, 15) is 9.59 Å². The molecule has 0 amide bonds. The van der Waals surface area contributed by atoms with Crippen LogP contribution >= 0.6 is 0 Å². The maximum Gasteiger partial charge on any atom is 0.357 e. The van der Waals surface area contributed by atoms with Gasteiger partial charge in [0, 0.05) is 0 Å². The summed E-state index contributed by atoms with van der Waals surface area (Å²) < 4.78 is 4.47. The number of aliphatic imine (C=N–C) groups is 1. The highest BCUT2D eigenvalue weighted by Crippen LogP contribution is 2.09. The lowest BCUT2D eigenvalue weighted by Gasteiger charge is -2.15. The minimum atomic E-state index is -1.32. The molecule has 0 unspecified atom stereocenters. The summed E-state index contributed by atoms with van der Waals surface area (Å²) in [4.78, 5) is 25.3. The van der Waals surface area contributed by atoms with Gasteiger partial charge >= 0.3 is 11.9 Å². The molecular weight excluding hydrogens is 202 g/mol. The van der Waals surface area contributed by atoms with E-state index >= 15 is 0 Å². The van der Waals surface area contributed by atoms with E-state index in [-0.39, 0.29) is 0 Å². The molecule has 84 valence electrons. The molecule has 0 saturated carbocycles. The van der Waals surface area contributed by atoms with E-state index in [2.05, 4.69) is 14.8 Å². The van der Waals surface area contributed by atoms with Crippen molar-refractivity contribution in [3.8, 4) is 0 Å². The van der Waals surface area contributed by atoms with Gasteiger partial charge in [0.15, 0.2) is 11.3 Å². The number of hydrogen-bond donors (Lipinski definition) is 2. The number of hydrazone groups is 1. The van der Waals surface area contributed by atoms with Gasteiger partial charge in [0.2, 0.25) is 0 Å². The molecule has 15 heavy (non-hydrogen) atoms. The van der Waals surface area contributed by atoms with E-state index in [1.54, 1.807) is 0 Å². The molecule has 0 spiro atoms. The molecule has 0 fully saturated rings. The largest absolute Gasteiger partial charge is 0.476 e. The van der Waals surface area contributed by atoms with Gasteiger partial charge < -0.3 is 15.7 Å². The van der Waals surface area contributed by atoms with Gasteiger partial charge in [-0.05, 0) is 13.8 Å². The number of carbonyl (C=O) groups is 2. The quantitative estimate of drug-likeness (QED) is 0.281. The van der Waals surface area contributed by atoms with Gasteiger partial charge in [-0.15, -0.1) is 0 Å². The average molecular weight is 215 g/mol. The second kappa shape index (κ2) is 5.08. The number of nitrogens with two attached hydrogens (primary N) is 1. The van der Waals surface area contributed by atoms with Crippen LogP contribution in [-0.4, -0.2) is 41.6 Å². The lowest BCUT2D eigenvalue weighted by Crippen LogP contribution is -2.32. The number of carboxylic acid groups (broad SMARTS) is 1. The molecule has 0 aliphatic carbocycles. The molecule has 0 rings (SSSR count). The molecular formula is C8H13N3O4. The smallest absolute Gasteiger partial charge is 0.357 e. The highest BCUT2D eigenvalue weighted by molar-refractivity contribution is 6.58. The van der Waals surface area contributed by atoms with Crippen molar-refractivity contribution in [3.05, 3.63) is 0 Å². The summed E-state index contributed by atoms with van der Waals surface area (Å²) in [6.45, 7) is 2.96. The van der Waals surface area contributed by atoms with Gasteiger partial charge in [0.25, 0.3) is 0 Å². The highest BCUT2D eigenvalue weighted by atomic mass is 16.5. The van der Waals surface area contributed by atoms with Crippen molar-refractivity contribution in [1.82, 2.24) is 0 Å². The van der Waals surface area contributed by atoms with Crippen LogP contribution in [0.15, 0.2) is 10.1 Å². The van der Waals surface area contributed by atoms with E-state index in [4.69, 9.17) is 10.9 Å². The summed E-state index contributed by atoms with van der Waals surface area (Å²) in [5, 5.41) is 11.5. The molecule has 7 nitrogen and oxygen atoms in total. The third-order valence-electron chi connectivity index (χ3n) is 1.55. The molecule has 0 aliphatic rings. The van der Waals surface area contributed by atoms with Gasteiger partial charge in [-0.2, -0.15) is 5.10 Å². The third kappa shape index (κ3) is 3.75. The number of aliphatic carboxylic acids is 1. The zero-order chi connectivity index (χ0) is 12.1. The molecule has 0 aromatic rings. The lowest BCUT2D eigenvalue weighted by molar-refractivity contribution is -0.145. The fourth-order valence-electron chi connectivity index (χ4n) is 0.669. The van der Waals surface area contributed by atoms with Crippen molar-refractivity contribution in [1.29, 1.82) is 0 Å². The Balaban J connectivity index is 4.79. The van der Waals surface area contributed by atoms with E-state index in [1.807, 2.05) is 0 Å². The number of rotatable bonds is 4. The fourth-order valence-corrected chi connectivity index (χ4v) is 0.669. The summed E-state index contributed by atoms with van der Waals surface area (Å²) in [7, 11) is 1.22. The van der Waals surface area contributed by atoms with Crippen LogP contribution in [-0.2, 0) is 14.3 Å². The Kier molecular flexibility index (Phi) is 4.43. The number of ether oxygens (including phenoxy) is 1. The van der Waals surface area contributed by atoms with Gasteiger partial charge in [0.05, 0.1) is 13.3 Å². The zero-order valence-electron chi connectivity index (χ0n) is 8.72. The predicted molar refractivity (Wildman–Crippen MR) is 53.8 cm³/mol. The molecule has 7 heteroatoms. The predicted octanol–water partition coefficient (Wildman–Crippen LogP) is -0.592. The van der Waals surface area contributed by atoms with Crippen molar-refractivity contribution >= 4 is 23.9 Å². The first kappa shape index (κ1) is 13.1. The zero-order valence-corrected chi connectivity index (χ0v) is 8.72. The summed E-state index contributed by atoms with van der Waals surface area (Å²) in [5.74, 6) is 2.91. The Morgan fingerprint density at radius 1 is 1.47 bits per heavy atom. The SMILES string of the molecule is COC(=O)C(C)(C)N=C/C(=N\N)C(=O)O. The van der Waals surface area contributed by atoms with Gasteiger partial charge in [-0.25, -0.2) is 9.59 Å². The van der Waals surface area contributed by atoms with Crippen LogP contribution in [0.2, 0.25) is 0 Å². The number of carboxylic acids is 1. The van der Waals surface area contributed by atoms with E-state index in [0.717, 1.165) is 6.21 Å². The standard InChI is InChI=1S/C8H13N3O4/c1-8(2,7(14)15-3)10-4-5(11-9)6(12)13/h4H,9H2,1-3H3,(H,12,13)/b10-4?,11-5+. The van der Waals surface area contributed by atoms with Gasteiger partial charge in [0.1, 0.15) is 0 Å². The van der Waals surface area contributed by atoms with E-state index in [0.29, 0.717) is 0 Å². The summed E-state index contributed by atoms with van der Waals surface area (Å²) >= 11 is 0. The first-order valence-corrected chi connectivity index (χ1v) is 4.00. The second-order valence-corrected chi connectivity index (χ2v) is 3.13. The number of nitrogens with zero attached hydrogens (tertiary/aromatic N) is 2. The summed E-state index contributed by atoms with van der Waals surface area (Å²) in [5.41, 5.74) is -1.60. The van der Waals surface area contributed by atoms with Gasteiger partial charge in [-0.3, -0.25) is 4.99 Å². The third-order valence-corrected chi connectivity index (χ3v) is 1.55. The van der Waals surface area contributed by atoms with Crippen LogP contribution in [0.3, 0.4) is 0 Å². The normalized spacial score (nSPS) is 12.9. The van der Waals surface area contributed by atoms with Crippen molar-refractivity contribution in [3.63, 3.8) is 0 Å². The lowest BCUT2D eigenvalue weighted by atomic mass is 10.1. The Morgan fingerprint density at radius 3 is 2.33 bits per heavy atom. The van der Waals surface area contributed by atoms with Crippen LogP contribution in [0, 0.1) is 0 Å². The van der Waals surface area contributed by atoms with Crippen LogP contribution in [0.25, 0.3) is 0 Å². The molecule has 0 aromatic carbocycles. The summed E-state index contributed by atoms with van der Waals surface area (Å²) in [6, 6.07) is 0. The van der Waals surface area contributed by atoms with Crippen LogP contribution in [0.4, 0.5) is 0 Å². The molecule has 0 aliphatic heterocycles. The van der Waals surface area contributed by atoms with Crippen molar-refractivity contribution in [2.75, 3.05) is 7.11 Å². The maximum atomic E-state index is 11.1. The van der Waals surface area contributed by atoms with Crippen molar-refractivity contribution in [2.45, 2.75) is 19.4 Å². The van der Waals surface area contributed by atoms with Crippen molar-refractivity contribution < 1.29 is 19.4 Å². The number of carbonyl (C=O) groups excluding carboxylic acids is 1. The average Bonchev–Trinajstić information content (AvgIpc) is 2.16. The van der Waals surface area contributed by atoms with Crippen LogP contribution in [0.1, 0.15) is 13.8 Å². The second-order valence-electron chi connectivity index (χ2n) is 3.13. The number of hydrogen-bond acceptors (Lipinski definition) is 6. The molecule has 0 radical (unpaired) electrons. The monoisotopic (exact) mass is 215 g/mol. The van der Waals surface area contributed by atoms with E-state index in [1.165, 1.54) is 21.0 Å². The van der Waals surface area contributed by atoms with Gasteiger partial charge in [-0.1, -0.05) is 0 Å². The topological polar surface area (TPSA) is 114 Å². The molecule has 0 heterocycles. The Labute approximate surface area is 86.6 Å². The Bertz CT molecular complexity index is 320. The van der Waals surface area contributed by atoms with Crippen molar-refractivity contribution in [2.24, 2.45) is 15.9 Å². The summed E-state index contributed by atoms with van der Waals surface area (Å²) in [6.07, 6.45) is 0.916.